The average Bonchev–Trinajstić information content (AvgIpc) is 3.00. The van der Waals surface area contributed by atoms with Crippen molar-refractivity contribution in [2.24, 2.45) is 0 Å². The number of nitrogens with zero attached hydrogens (tertiary/aromatic N) is 3. The highest BCUT2D eigenvalue weighted by atomic mass is 16.4. The van der Waals surface area contributed by atoms with Crippen LogP contribution in [0.2, 0.25) is 0 Å². The second-order valence-electron chi connectivity index (χ2n) is 7.31. The number of hydrogen-bond acceptors (Lipinski definition) is 3. The lowest BCUT2D eigenvalue weighted by Gasteiger charge is -2.23. The molecule has 22 heavy (non-hydrogen) atoms. The highest BCUT2D eigenvalue weighted by Gasteiger charge is 2.37. The molecule has 1 unspecified atom stereocenters. The SMILES string of the molecule is CC(C)(C)n1nc(C(=O)N2CCCC2C(=O)O)cc1C1CC1. The first-order chi connectivity index (χ1) is 10.3. The number of carboxylic acids is 1. The second kappa shape index (κ2) is 5.11. The Morgan fingerprint density at radius 1 is 1.27 bits per heavy atom. The van der Waals surface area contributed by atoms with E-state index in [2.05, 4.69) is 25.9 Å². The lowest BCUT2D eigenvalue weighted by atomic mass is 10.1. The van der Waals surface area contributed by atoms with Crippen molar-refractivity contribution in [2.75, 3.05) is 6.54 Å². The Morgan fingerprint density at radius 3 is 2.50 bits per heavy atom. The normalized spacial score (nSPS) is 22.1. The number of rotatable bonds is 3. The molecule has 0 radical (unpaired) electrons. The summed E-state index contributed by atoms with van der Waals surface area (Å²) in [4.78, 5) is 25.4. The van der Waals surface area contributed by atoms with E-state index in [-0.39, 0.29) is 11.4 Å². The third-order valence-electron chi connectivity index (χ3n) is 4.39. The highest BCUT2D eigenvalue weighted by Crippen LogP contribution is 2.42. The average molecular weight is 305 g/mol. The van der Waals surface area contributed by atoms with Gasteiger partial charge in [-0.25, -0.2) is 4.79 Å². The van der Waals surface area contributed by atoms with Crippen LogP contribution in [0.25, 0.3) is 0 Å². The number of amides is 1. The fourth-order valence-corrected chi connectivity index (χ4v) is 3.12. The fourth-order valence-electron chi connectivity index (χ4n) is 3.12. The number of aliphatic carboxylic acids is 1. The molecule has 1 N–H and O–H groups in total. The summed E-state index contributed by atoms with van der Waals surface area (Å²) in [5.41, 5.74) is 1.29. The molecule has 1 aromatic heterocycles. The van der Waals surface area contributed by atoms with Gasteiger partial charge in [0.15, 0.2) is 5.69 Å². The molecule has 2 fully saturated rings. The van der Waals surface area contributed by atoms with Gasteiger partial charge < -0.3 is 10.0 Å². The van der Waals surface area contributed by atoms with Crippen molar-refractivity contribution in [3.05, 3.63) is 17.5 Å². The molecule has 120 valence electrons. The molecule has 0 bridgehead atoms. The number of carbonyl (C=O) groups is 2. The molecule has 0 spiro atoms. The van der Waals surface area contributed by atoms with Gasteiger partial charge in [-0.15, -0.1) is 0 Å². The fraction of sp³-hybridized carbons (Fsp3) is 0.688. The molecule has 1 amide bonds. The largest absolute Gasteiger partial charge is 0.480 e. The van der Waals surface area contributed by atoms with Gasteiger partial charge in [0, 0.05) is 18.2 Å². The molecule has 1 aromatic rings. The standard InChI is InChI=1S/C16H23N3O3/c1-16(2,3)19-13(10-6-7-10)9-11(17-19)14(20)18-8-4-5-12(18)15(21)22/h9-10,12H,4-8H2,1-3H3,(H,21,22). The van der Waals surface area contributed by atoms with Crippen LogP contribution in [0.4, 0.5) is 0 Å². The van der Waals surface area contributed by atoms with Gasteiger partial charge in [-0.2, -0.15) is 5.10 Å². The first-order valence-electron chi connectivity index (χ1n) is 7.93. The minimum atomic E-state index is -0.927. The summed E-state index contributed by atoms with van der Waals surface area (Å²) >= 11 is 0. The summed E-state index contributed by atoms with van der Waals surface area (Å²) in [6, 6.07) is 1.15. The van der Waals surface area contributed by atoms with Crippen molar-refractivity contribution >= 4 is 11.9 Å². The Kier molecular flexibility index (Phi) is 3.50. The van der Waals surface area contributed by atoms with Crippen LogP contribution in [-0.2, 0) is 10.3 Å². The van der Waals surface area contributed by atoms with Gasteiger partial charge in [0.25, 0.3) is 5.91 Å². The maximum atomic E-state index is 12.7. The van der Waals surface area contributed by atoms with Crippen molar-refractivity contribution in [1.82, 2.24) is 14.7 Å². The van der Waals surface area contributed by atoms with Crippen LogP contribution in [0, 0.1) is 0 Å². The number of hydrogen-bond donors (Lipinski definition) is 1. The molecule has 1 aliphatic carbocycles. The Balaban J connectivity index is 1.91. The van der Waals surface area contributed by atoms with E-state index in [0.717, 1.165) is 25.0 Å². The van der Waals surface area contributed by atoms with Crippen LogP contribution in [0.15, 0.2) is 6.07 Å². The van der Waals surface area contributed by atoms with E-state index in [0.29, 0.717) is 24.6 Å². The van der Waals surface area contributed by atoms with Crippen LogP contribution in [0.1, 0.15) is 68.6 Å². The predicted octanol–water partition coefficient (Wildman–Crippen LogP) is 2.20. The minimum Gasteiger partial charge on any atom is -0.480 e. The van der Waals surface area contributed by atoms with Gasteiger partial charge in [0.05, 0.1) is 5.54 Å². The van der Waals surface area contributed by atoms with Crippen molar-refractivity contribution < 1.29 is 14.7 Å². The third-order valence-corrected chi connectivity index (χ3v) is 4.39. The molecule has 6 heteroatoms. The molecule has 3 rings (SSSR count). The maximum absolute atomic E-state index is 12.7. The maximum Gasteiger partial charge on any atom is 0.326 e. The Labute approximate surface area is 130 Å². The van der Waals surface area contributed by atoms with Crippen molar-refractivity contribution in [3.63, 3.8) is 0 Å². The molecule has 2 aliphatic rings. The molecule has 2 heterocycles. The lowest BCUT2D eigenvalue weighted by Crippen LogP contribution is -2.40. The molecule has 1 saturated heterocycles. The van der Waals surface area contributed by atoms with Crippen molar-refractivity contribution in [1.29, 1.82) is 0 Å². The van der Waals surface area contributed by atoms with Crippen LogP contribution in [0.5, 0.6) is 0 Å². The molecule has 1 atom stereocenters. The molecule has 0 aromatic carbocycles. The van der Waals surface area contributed by atoms with E-state index in [1.165, 1.54) is 4.90 Å². The zero-order valence-corrected chi connectivity index (χ0v) is 13.4. The van der Waals surface area contributed by atoms with Gasteiger partial charge in [0.1, 0.15) is 6.04 Å². The van der Waals surface area contributed by atoms with Crippen molar-refractivity contribution in [2.45, 2.75) is 64.0 Å². The van der Waals surface area contributed by atoms with Crippen LogP contribution >= 0.6 is 0 Å². The summed E-state index contributed by atoms with van der Waals surface area (Å²) < 4.78 is 1.93. The van der Waals surface area contributed by atoms with Crippen LogP contribution in [0.3, 0.4) is 0 Å². The summed E-state index contributed by atoms with van der Waals surface area (Å²) in [7, 11) is 0. The molecule has 1 aliphatic heterocycles. The smallest absolute Gasteiger partial charge is 0.326 e. The highest BCUT2D eigenvalue weighted by molar-refractivity contribution is 5.95. The van der Waals surface area contributed by atoms with E-state index < -0.39 is 12.0 Å². The van der Waals surface area contributed by atoms with Crippen LogP contribution < -0.4 is 0 Å². The zero-order valence-electron chi connectivity index (χ0n) is 13.4. The van der Waals surface area contributed by atoms with Crippen molar-refractivity contribution in [3.8, 4) is 0 Å². The van der Waals surface area contributed by atoms with Crippen LogP contribution in [-0.4, -0.2) is 44.3 Å². The number of likely N-dealkylation sites (tertiary alicyclic amines) is 1. The monoisotopic (exact) mass is 305 g/mol. The number of aromatic nitrogens is 2. The second-order valence-corrected chi connectivity index (χ2v) is 7.31. The Hall–Kier alpha value is -1.85. The summed E-state index contributed by atoms with van der Waals surface area (Å²) in [5.74, 6) is -0.694. The molecule has 1 saturated carbocycles. The van der Waals surface area contributed by atoms with Gasteiger partial charge >= 0.3 is 5.97 Å². The lowest BCUT2D eigenvalue weighted by molar-refractivity contribution is -0.141. The molecule has 6 nitrogen and oxygen atoms in total. The van der Waals surface area contributed by atoms with E-state index in [4.69, 9.17) is 0 Å². The van der Waals surface area contributed by atoms with Gasteiger partial charge in [-0.1, -0.05) is 0 Å². The van der Waals surface area contributed by atoms with Gasteiger partial charge in [-0.05, 0) is 52.5 Å². The summed E-state index contributed by atoms with van der Waals surface area (Å²) in [5, 5.41) is 13.8. The summed E-state index contributed by atoms with van der Waals surface area (Å²) in [6.45, 7) is 6.69. The molecular formula is C16H23N3O3. The van der Waals surface area contributed by atoms with Gasteiger partial charge in [0.2, 0.25) is 0 Å². The predicted molar refractivity (Wildman–Crippen MR) is 80.9 cm³/mol. The molecular weight excluding hydrogens is 282 g/mol. The topological polar surface area (TPSA) is 75.4 Å². The third kappa shape index (κ3) is 2.62. The zero-order chi connectivity index (χ0) is 16.1. The van der Waals surface area contributed by atoms with E-state index in [9.17, 15) is 14.7 Å². The number of carbonyl (C=O) groups excluding carboxylic acids is 1. The summed E-state index contributed by atoms with van der Waals surface area (Å²) in [6.07, 6.45) is 3.53. The van der Waals surface area contributed by atoms with E-state index in [1.54, 1.807) is 0 Å². The minimum absolute atomic E-state index is 0.187. The van der Waals surface area contributed by atoms with E-state index in [1.807, 2.05) is 10.7 Å². The number of carboxylic acid groups (broad SMARTS) is 1. The first kappa shape index (κ1) is 15.1. The van der Waals surface area contributed by atoms with E-state index >= 15 is 0 Å². The van der Waals surface area contributed by atoms with Gasteiger partial charge in [-0.3, -0.25) is 9.48 Å². The Bertz CT molecular complexity index is 611. The Morgan fingerprint density at radius 2 is 1.95 bits per heavy atom. The first-order valence-corrected chi connectivity index (χ1v) is 7.93. The quantitative estimate of drug-likeness (QED) is 0.929.